The molecule has 0 aliphatic carbocycles. The molecular formula is C19H26ClN3O3S. The third-order valence-electron chi connectivity index (χ3n) is 3.82. The average Bonchev–Trinajstić information content (AvgIpc) is 3.04. The molecule has 6 nitrogen and oxygen atoms in total. The van der Waals surface area contributed by atoms with Crippen LogP contribution in [0.15, 0.2) is 33.9 Å². The molecule has 1 amide bonds. The van der Waals surface area contributed by atoms with Gasteiger partial charge in [-0.3, -0.25) is 0 Å². The van der Waals surface area contributed by atoms with Crippen LogP contribution in [0.4, 0.5) is 4.79 Å². The molecule has 1 aromatic carbocycles. The summed E-state index contributed by atoms with van der Waals surface area (Å²) in [5.74, 6) is 1.16. The zero-order valence-corrected chi connectivity index (χ0v) is 17.9. The van der Waals surface area contributed by atoms with Gasteiger partial charge in [0.05, 0.1) is 0 Å². The normalized spacial score (nSPS) is 13.9. The van der Waals surface area contributed by atoms with E-state index in [4.69, 9.17) is 20.8 Å². The molecule has 0 aliphatic rings. The molecule has 1 unspecified atom stereocenters. The Morgan fingerprint density at radius 3 is 2.74 bits per heavy atom. The SMILES string of the molecule is CCC(C)[C@H](NC(=O)OC(C)(C)C)c1nnc(SCc2cccc(Cl)c2)o1. The molecule has 0 saturated heterocycles. The molecule has 0 aliphatic heterocycles. The average molecular weight is 412 g/mol. The van der Waals surface area contributed by atoms with Crippen LogP contribution in [0.25, 0.3) is 0 Å². The van der Waals surface area contributed by atoms with Crippen molar-refractivity contribution < 1.29 is 13.9 Å². The Labute approximate surface area is 169 Å². The van der Waals surface area contributed by atoms with E-state index in [9.17, 15) is 4.79 Å². The van der Waals surface area contributed by atoms with Gasteiger partial charge in [-0.25, -0.2) is 4.79 Å². The maximum atomic E-state index is 12.2. The number of hydrogen-bond donors (Lipinski definition) is 1. The van der Waals surface area contributed by atoms with Crippen LogP contribution in [-0.2, 0) is 10.5 Å². The second-order valence-electron chi connectivity index (χ2n) is 7.33. The number of thioether (sulfide) groups is 1. The number of nitrogens with zero attached hydrogens (tertiary/aromatic N) is 2. The Balaban J connectivity index is 2.05. The number of carbonyl (C=O) groups excluding carboxylic acids is 1. The van der Waals surface area contributed by atoms with Gasteiger partial charge < -0.3 is 14.5 Å². The van der Waals surface area contributed by atoms with Gasteiger partial charge in [-0.2, -0.15) is 0 Å². The highest BCUT2D eigenvalue weighted by Crippen LogP contribution is 2.28. The number of nitrogens with one attached hydrogen (secondary N) is 1. The van der Waals surface area contributed by atoms with Gasteiger partial charge in [0.2, 0.25) is 5.89 Å². The highest BCUT2D eigenvalue weighted by Gasteiger charge is 2.28. The quantitative estimate of drug-likeness (QED) is 0.595. The smallest absolute Gasteiger partial charge is 0.408 e. The van der Waals surface area contributed by atoms with Crippen molar-refractivity contribution in [3.05, 3.63) is 40.7 Å². The van der Waals surface area contributed by atoms with Gasteiger partial charge in [0, 0.05) is 10.8 Å². The molecule has 2 rings (SSSR count). The predicted molar refractivity (Wildman–Crippen MR) is 107 cm³/mol. The Bertz CT molecular complexity index is 761. The summed E-state index contributed by atoms with van der Waals surface area (Å²) in [5, 5.41) is 12.2. The van der Waals surface area contributed by atoms with Crippen molar-refractivity contribution in [2.75, 3.05) is 0 Å². The number of halogens is 1. The van der Waals surface area contributed by atoms with Crippen LogP contribution >= 0.6 is 23.4 Å². The third-order valence-corrected chi connectivity index (χ3v) is 4.95. The van der Waals surface area contributed by atoms with Gasteiger partial charge in [-0.05, 0) is 44.4 Å². The van der Waals surface area contributed by atoms with Crippen LogP contribution in [0.5, 0.6) is 0 Å². The number of rotatable bonds is 7. The Hall–Kier alpha value is -1.73. The molecule has 0 saturated carbocycles. The third kappa shape index (κ3) is 7.07. The van der Waals surface area contributed by atoms with Crippen molar-refractivity contribution in [3.8, 4) is 0 Å². The number of aromatic nitrogens is 2. The first-order valence-corrected chi connectivity index (χ1v) is 10.2. The first-order valence-electron chi connectivity index (χ1n) is 8.88. The van der Waals surface area contributed by atoms with Crippen molar-refractivity contribution in [2.24, 2.45) is 5.92 Å². The lowest BCUT2D eigenvalue weighted by Crippen LogP contribution is -2.37. The summed E-state index contributed by atoms with van der Waals surface area (Å²) in [5.41, 5.74) is 0.495. The largest absolute Gasteiger partial charge is 0.444 e. The maximum Gasteiger partial charge on any atom is 0.408 e. The Kier molecular flexibility index (Phi) is 7.56. The topological polar surface area (TPSA) is 77.2 Å². The van der Waals surface area contributed by atoms with Gasteiger partial charge >= 0.3 is 6.09 Å². The van der Waals surface area contributed by atoms with E-state index in [-0.39, 0.29) is 5.92 Å². The van der Waals surface area contributed by atoms with Crippen LogP contribution < -0.4 is 5.32 Å². The molecule has 148 valence electrons. The summed E-state index contributed by atoms with van der Waals surface area (Å²) in [6.07, 6.45) is 0.340. The molecule has 1 aromatic heterocycles. The van der Waals surface area contributed by atoms with E-state index in [1.54, 1.807) is 0 Å². The zero-order valence-electron chi connectivity index (χ0n) is 16.3. The van der Waals surface area contributed by atoms with Crippen LogP contribution in [0.2, 0.25) is 5.02 Å². The van der Waals surface area contributed by atoms with Gasteiger partial charge in [-0.15, -0.1) is 10.2 Å². The lowest BCUT2D eigenvalue weighted by molar-refractivity contribution is 0.0474. The number of alkyl carbamates (subject to hydrolysis) is 1. The molecule has 1 N–H and O–H groups in total. The summed E-state index contributed by atoms with van der Waals surface area (Å²) in [4.78, 5) is 12.2. The van der Waals surface area contributed by atoms with E-state index in [0.717, 1.165) is 12.0 Å². The van der Waals surface area contributed by atoms with Gasteiger partial charge in [0.15, 0.2) is 0 Å². The number of amides is 1. The van der Waals surface area contributed by atoms with Gasteiger partial charge in [0.25, 0.3) is 5.22 Å². The monoisotopic (exact) mass is 411 g/mol. The molecule has 2 atom stereocenters. The second-order valence-corrected chi connectivity index (χ2v) is 8.70. The maximum absolute atomic E-state index is 12.2. The Morgan fingerprint density at radius 1 is 1.37 bits per heavy atom. The molecular weight excluding hydrogens is 386 g/mol. The number of ether oxygens (including phenoxy) is 1. The van der Waals surface area contributed by atoms with Crippen molar-refractivity contribution in [3.63, 3.8) is 0 Å². The van der Waals surface area contributed by atoms with Crippen LogP contribution in [-0.4, -0.2) is 21.9 Å². The van der Waals surface area contributed by atoms with E-state index < -0.39 is 17.7 Å². The Morgan fingerprint density at radius 2 is 2.11 bits per heavy atom. The lowest BCUT2D eigenvalue weighted by atomic mass is 9.99. The van der Waals surface area contributed by atoms with E-state index in [0.29, 0.717) is 21.9 Å². The van der Waals surface area contributed by atoms with Crippen molar-refractivity contribution in [2.45, 2.75) is 63.7 Å². The van der Waals surface area contributed by atoms with Crippen molar-refractivity contribution in [1.29, 1.82) is 0 Å². The molecule has 2 aromatic rings. The molecule has 0 fully saturated rings. The fourth-order valence-corrected chi connectivity index (χ4v) is 3.22. The number of benzene rings is 1. The summed E-state index contributed by atoms with van der Waals surface area (Å²) in [7, 11) is 0. The summed E-state index contributed by atoms with van der Waals surface area (Å²) >= 11 is 7.43. The van der Waals surface area contributed by atoms with E-state index in [2.05, 4.69) is 15.5 Å². The van der Waals surface area contributed by atoms with Crippen LogP contribution in [0.3, 0.4) is 0 Å². The van der Waals surface area contributed by atoms with Crippen LogP contribution in [0, 0.1) is 5.92 Å². The predicted octanol–water partition coefficient (Wildman–Crippen LogP) is 5.63. The minimum absolute atomic E-state index is 0.115. The van der Waals surface area contributed by atoms with E-state index in [1.165, 1.54) is 11.8 Å². The zero-order chi connectivity index (χ0) is 20.0. The standard InChI is InChI=1S/C19H26ClN3O3S/c1-6-12(2)15(21-17(24)26-19(3,4)5)16-22-23-18(25-16)27-11-13-8-7-9-14(20)10-13/h7-10,12,15H,6,11H2,1-5H3,(H,21,24)/t12?,15-/m0/s1. The van der Waals surface area contributed by atoms with Crippen molar-refractivity contribution >= 4 is 29.5 Å². The molecule has 0 bridgehead atoms. The first kappa shape index (κ1) is 21.6. The molecule has 0 radical (unpaired) electrons. The van der Waals surface area contributed by atoms with Crippen LogP contribution in [0.1, 0.15) is 58.5 Å². The molecule has 8 heteroatoms. The molecule has 0 spiro atoms. The highest BCUT2D eigenvalue weighted by atomic mass is 35.5. The van der Waals surface area contributed by atoms with Crippen molar-refractivity contribution in [1.82, 2.24) is 15.5 Å². The fraction of sp³-hybridized carbons (Fsp3) is 0.526. The fourth-order valence-electron chi connectivity index (χ4n) is 2.29. The minimum atomic E-state index is -0.573. The van der Waals surface area contributed by atoms with Gasteiger partial charge in [0.1, 0.15) is 11.6 Å². The number of hydrogen-bond acceptors (Lipinski definition) is 6. The minimum Gasteiger partial charge on any atom is -0.444 e. The van der Waals surface area contributed by atoms with E-state index in [1.807, 2.05) is 58.9 Å². The highest BCUT2D eigenvalue weighted by molar-refractivity contribution is 7.98. The molecule has 27 heavy (non-hydrogen) atoms. The second kappa shape index (κ2) is 9.46. The summed E-state index contributed by atoms with van der Waals surface area (Å²) in [6, 6.07) is 7.22. The summed E-state index contributed by atoms with van der Waals surface area (Å²) < 4.78 is 11.1. The van der Waals surface area contributed by atoms with E-state index >= 15 is 0 Å². The number of carbonyl (C=O) groups is 1. The summed E-state index contributed by atoms with van der Waals surface area (Å²) in [6.45, 7) is 9.52. The first-order chi connectivity index (χ1) is 12.7. The van der Waals surface area contributed by atoms with Gasteiger partial charge in [-0.1, -0.05) is 55.8 Å². The molecule has 1 heterocycles. The lowest BCUT2D eigenvalue weighted by Gasteiger charge is -2.24.